The Morgan fingerprint density at radius 1 is 1.56 bits per heavy atom. The van der Waals surface area contributed by atoms with Crippen molar-refractivity contribution in [3.63, 3.8) is 0 Å². The molecule has 0 aliphatic rings. The van der Waals surface area contributed by atoms with Crippen molar-refractivity contribution in [3.8, 4) is 0 Å². The molecular weight excluding hydrogens is 116 g/mol. The predicted octanol–water partition coefficient (Wildman–Crippen LogP) is 1.25. The molecule has 0 radical (unpaired) electrons. The van der Waals surface area contributed by atoms with Crippen molar-refractivity contribution in [2.45, 2.75) is 26.9 Å². The molecule has 0 saturated heterocycles. The van der Waals surface area contributed by atoms with Crippen molar-refractivity contribution in [2.24, 2.45) is 5.92 Å². The second-order valence-corrected chi connectivity index (χ2v) is 2.16. The van der Waals surface area contributed by atoms with Gasteiger partial charge in [-0.05, 0) is 13.8 Å². The summed E-state index contributed by atoms with van der Waals surface area (Å²) in [6, 6.07) is 0. The topological polar surface area (TPSA) is 26.3 Å². The zero-order valence-corrected chi connectivity index (χ0v) is 6.26. The van der Waals surface area contributed by atoms with E-state index in [1.54, 1.807) is 0 Å². The van der Waals surface area contributed by atoms with Gasteiger partial charge in [0.25, 0.3) is 0 Å². The van der Waals surface area contributed by atoms with Crippen LogP contribution in [0.1, 0.15) is 20.8 Å². The second kappa shape index (κ2) is 4.50. The van der Waals surface area contributed by atoms with E-state index in [0.717, 1.165) is 6.29 Å². The summed E-state index contributed by atoms with van der Waals surface area (Å²) in [6.07, 6.45) is 0.979. The summed E-state index contributed by atoms with van der Waals surface area (Å²) in [6.45, 7) is 6.36. The van der Waals surface area contributed by atoms with Gasteiger partial charge in [-0.1, -0.05) is 6.92 Å². The van der Waals surface area contributed by atoms with Gasteiger partial charge in [0.1, 0.15) is 6.29 Å². The van der Waals surface area contributed by atoms with Crippen molar-refractivity contribution < 1.29 is 9.53 Å². The van der Waals surface area contributed by atoms with Gasteiger partial charge in [0.15, 0.2) is 0 Å². The van der Waals surface area contributed by atoms with Crippen LogP contribution in [0.25, 0.3) is 0 Å². The van der Waals surface area contributed by atoms with Gasteiger partial charge in [0, 0.05) is 12.5 Å². The standard InChI is InChI=1S/C7H14O2/c1-4-9-7(3)6(2)5-8/h5-7H,4H2,1-3H3. The van der Waals surface area contributed by atoms with Crippen LogP contribution in [0.4, 0.5) is 0 Å². The van der Waals surface area contributed by atoms with Crippen LogP contribution >= 0.6 is 0 Å². The highest BCUT2D eigenvalue weighted by Gasteiger charge is 2.09. The fourth-order valence-electron chi connectivity index (χ4n) is 0.525. The molecule has 0 saturated carbocycles. The molecule has 0 N–H and O–H groups in total. The van der Waals surface area contributed by atoms with Gasteiger partial charge in [-0.2, -0.15) is 0 Å². The second-order valence-electron chi connectivity index (χ2n) is 2.16. The summed E-state index contributed by atoms with van der Waals surface area (Å²) in [4.78, 5) is 10.1. The maximum atomic E-state index is 10.1. The van der Waals surface area contributed by atoms with E-state index in [4.69, 9.17) is 4.74 Å². The largest absolute Gasteiger partial charge is 0.378 e. The molecule has 0 aromatic rings. The maximum absolute atomic E-state index is 10.1. The molecule has 0 aromatic heterocycles. The number of hydrogen-bond donors (Lipinski definition) is 0. The average Bonchev–Trinajstić information content (AvgIpc) is 1.87. The molecule has 0 fully saturated rings. The van der Waals surface area contributed by atoms with Crippen LogP contribution < -0.4 is 0 Å². The van der Waals surface area contributed by atoms with Crippen molar-refractivity contribution in [3.05, 3.63) is 0 Å². The molecule has 2 unspecified atom stereocenters. The van der Waals surface area contributed by atoms with Gasteiger partial charge in [-0.25, -0.2) is 0 Å². The highest BCUT2D eigenvalue weighted by Crippen LogP contribution is 2.02. The lowest BCUT2D eigenvalue weighted by Gasteiger charge is -2.13. The Morgan fingerprint density at radius 3 is 2.44 bits per heavy atom. The van der Waals surface area contributed by atoms with Gasteiger partial charge in [0.2, 0.25) is 0 Å². The Balaban J connectivity index is 3.44. The Morgan fingerprint density at radius 2 is 2.11 bits per heavy atom. The first kappa shape index (κ1) is 8.63. The highest BCUT2D eigenvalue weighted by atomic mass is 16.5. The van der Waals surface area contributed by atoms with Crippen molar-refractivity contribution in [1.82, 2.24) is 0 Å². The molecule has 0 aromatic carbocycles. The van der Waals surface area contributed by atoms with Crippen LogP contribution in [0.2, 0.25) is 0 Å². The van der Waals surface area contributed by atoms with Gasteiger partial charge in [-0.3, -0.25) is 0 Å². The average molecular weight is 130 g/mol. The van der Waals surface area contributed by atoms with E-state index in [0.29, 0.717) is 6.61 Å². The van der Waals surface area contributed by atoms with Crippen LogP contribution in [0, 0.1) is 5.92 Å². The zero-order chi connectivity index (χ0) is 7.28. The third-order valence-corrected chi connectivity index (χ3v) is 1.38. The lowest BCUT2D eigenvalue weighted by atomic mass is 10.1. The molecule has 0 heterocycles. The third kappa shape index (κ3) is 3.25. The fraction of sp³-hybridized carbons (Fsp3) is 0.857. The molecule has 9 heavy (non-hydrogen) atoms. The van der Waals surface area contributed by atoms with E-state index < -0.39 is 0 Å². The molecule has 54 valence electrons. The summed E-state index contributed by atoms with van der Waals surface area (Å²) in [5, 5.41) is 0. The Bertz CT molecular complexity index is 81.0. The minimum Gasteiger partial charge on any atom is -0.378 e. The SMILES string of the molecule is CCOC(C)C(C)C=O. The summed E-state index contributed by atoms with van der Waals surface area (Å²) in [5.74, 6) is 0.0185. The van der Waals surface area contributed by atoms with E-state index >= 15 is 0 Å². The third-order valence-electron chi connectivity index (χ3n) is 1.38. The van der Waals surface area contributed by atoms with Gasteiger partial charge >= 0.3 is 0 Å². The van der Waals surface area contributed by atoms with Crippen molar-refractivity contribution in [1.29, 1.82) is 0 Å². The smallest absolute Gasteiger partial charge is 0.125 e. The molecule has 0 amide bonds. The van der Waals surface area contributed by atoms with Gasteiger partial charge < -0.3 is 9.53 Å². The minimum atomic E-state index is 0.0185. The molecule has 2 heteroatoms. The predicted molar refractivity (Wildman–Crippen MR) is 36.3 cm³/mol. The molecule has 0 aliphatic heterocycles. The van der Waals surface area contributed by atoms with Crippen LogP contribution in [0.5, 0.6) is 0 Å². The van der Waals surface area contributed by atoms with E-state index in [-0.39, 0.29) is 12.0 Å². The van der Waals surface area contributed by atoms with Crippen LogP contribution in [-0.2, 0) is 9.53 Å². The first-order valence-electron chi connectivity index (χ1n) is 3.29. The quantitative estimate of drug-likeness (QED) is 0.535. The van der Waals surface area contributed by atoms with E-state index in [2.05, 4.69) is 0 Å². The Kier molecular flexibility index (Phi) is 4.32. The van der Waals surface area contributed by atoms with Crippen LogP contribution in [-0.4, -0.2) is 19.0 Å². The van der Waals surface area contributed by atoms with Gasteiger partial charge in [0.05, 0.1) is 6.10 Å². The maximum Gasteiger partial charge on any atom is 0.125 e. The number of hydrogen-bond acceptors (Lipinski definition) is 2. The molecule has 0 aliphatic carbocycles. The molecule has 2 atom stereocenters. The van der Waals surface area contributed by atoms with Crippen molar-refractivity contribution in [2.75, 3.05) is 6.61 Å². The first-order chi connectivity index (χ1) is 4.22. The first-order valence-corrected chi connectivity index (χ1v) is 3.29. The monoisotopic (exact) mass is 130 g/mol. The van der Waals surface area contributed by atoms with E-state index in [1.165, 1.54) is 0 Å². The number of aldehydes is 1. The highest BCUT2D eigenvalue weighted by molar-refractivity contribution is 5.53. The molecule has 2 nitrogen and oxygen atoms in total. The van der Waals surface area contributed by atoms with Crippen LogP contribution in [0.15, 0.2) is 0 Å². The molecule has 0 bridgehead atoms. The summed E-state index contributed by atoms with van der Waals surface area (Å²) in [7, 11) is 0. The summed E-state index contributed by atoms with van der Waals surface area (Å²) in [5.41, 5.74) is 0. The Labute approximate surface area is 56.2 Å². The fourth-order valence-corrected chi connectivity index (χ4v) is 0.525. The lowest BCUT2D eigenvalue weighted by Crippen LogP contribution is -2.18. The number of carbonyl (C=O) groups excluding carboxylic acids is 1. The zero-order valence-electron chi connectivity index (χ0n) is 6.26. The number of ether oxygens (including phenoxy) is 1. The van der Waals surface area contributed by atoms with Crippen LogP contribution in [0.3, 0.4) is 0 Å². The minimum absolute atomic E-state index is 0.0185. The Hall–Kier alpha value is -0.370. The number of carbonyl (C=O) groups is 1. The van der Waals surface area contributed by atoms with E-state index in [1.807, 2.05) is 20.8 Å². The summed E-state index contributed by atoms with van der Waals surface area (Å²) >= 11 is 0. The number of rotatable bonds is 4. The summed E-state index contributed by atoms with van der Waals surface area (Å²) < 4.78 is 5.16. The van der Waals surface area contributed by atoms with E-state index in [9.17, 15) is 4.79 Å². The normalized spacial score (nSPS) is 16.8. The molecule has 0 rings (SSSR count). The molecular formula is C7H14O2. The lowest BCUT2D eigenvalue weighted by molar-refractivity contribution is -0.114. The van der Waals surface area contributed by atoms with Crippen molar-refractivity contribution >= 4 is 6.29 Å². The van der Waals surface area contributed by atoms with Gasteiger partial charge in [-0.15, -0.1) is 0 Å². The molecule has 0 spiro atoms.